The molecule has 4 rings (SSSR count). The molecule has 0 saturated carbocycles. The van der Waals surface area contributed by atoms with Gasteiger partial charge in [-0.25, -0.2) is 9.97 Å². The molecule has 0 aliphatic heterocycles. The summed E-state index contributed by atoms with van der Waals surface area (Å²) in [7, 11) is 0. The number of rotatable bonds is 5. The number of carbonyl (C=O) groups excluding carboxylic acids is 1. The topological polar surface area (TPSA) is 156 Å². The van der Waals surface area contributed by atoms with Gasteiger partial charge in [-0.05, 0) is 43.2 Å². The van der Waals surface area contributed by atoms with Crippen molar-refractivity contribution in [2.75, 3.05) is 17.7 Å². The van der Waals surface area contributed by atoms with Crippen LogP contribution in [0.4, 0.5) is 17.3 Å². The Kier molecular flexibility index (Phi) is 6.30. The van der Waals surface area contributed by atoms with Gasteiger partial charge in [0.1, 0.15) is 12.3 Å². The van der Waals surface area contributed by atoms with E-state index in [1.165, 1.54) is 10.7 Å². The highest BCUT2D eigenvalue weighted by molar-refractivity contribution is 6.30. The number of carbonyl (C=O) groups is 1. The van der Waals surface area contributed by atoms with E-state index >= 15 is 0 Å². The van der Waals surface area contributed by atoms with Crippen LogP contribution in [0.2, 0.25) is 5.02 Å². The number of nitrogens with one attached hydrogen (secondary N) is 2. The van der Waals surface area contributed by atoms with E-state index in [1.807, 2.05) is 12.1 Å². The SMILES string of the molecule is C[C@@H](NC(=O)c1nc(C#CCO)cnc1N)c1nnc2ccc(Nc3cccc(Cl)c3)nn12. The fourth-order valence-corrected chi connectivity index (χ4v) is 3.13. The van der Waals surface area contributed by atoms with Gasteiger partial charge in [0.25, 0.3) is 5.91 Å². The molecule has 1 amide bonds. The second-order valence-electron chi connectivity index (χ2n) is 6.83. The zero-order chi connectivity index (χ0) is 23.4. The number of hydrogen-bond donors (Lipinski definition) is 4. The second-order valence-corrected chi connectivity index (χ2v) is 7.26. The number of aromatic nitrogens is 6. The Morgan fingerprint density at radius 3 is 2.94 bits per heavy atom. The Bertz CT molecular complexity index is 1390. The summed E-state index contributed by atoms with van der Waals surface area (Å²) in [4.78, 5) is 20.8. The Morgan fingerprint density at radius 2 is 2.15 bits per heavy atom. The maximum Gasteiger partial charge on any atom is 0.274 e. The van der Waals surface area contributed by atoms with Crippen molar-refractivity contribution in [2.24, 2.45) is 0 Å². The molecular weight excluding hydrogens is 446 g/mol. The quantitative estimate of drug-likeness (QED) is 0.323. The van der Waals surface area contributed by atoms with Crippen LogP contribution >= 0.6 is 11.6 Å². The minimum absolute atomic E-state index is 0.0496. The standard InChI is InChI=1S/C21H18ClN9O2/c1-12(25-21(33)18-19(23)24-11-15(27-18)6-3-9-32)20-29-28-17-8-7-16(30-31(17)20)26-14-5-2-4-13(22)10-14/h2,4-5,7-8,10-12,32H,9H2,1H3,(H2,23,24)(H,25,33)(H,26,30)/t12-/m1/s1. The minimum Gasteiger partial charge on any atom is -0.384 e. The van der Waals surface area contributed by atoms with Crippen LogP contribution < -0.4 is 16.4 Å². The number of halogens is 1. The number of hydrogen-bond acceptors (Lipinski definition) is 9. The molecule has 0 bridgehead atoms. The van der Waals surface area contributed by atoms with Gasteiger partial charge in [0.2, 0.25) is 0 Å². The van der Waals surface area contributed by atoms with Gasteiger partial charge in [0, 0.05) is 10.7 Å². The van der Waals surface area contributed by atoms with Gasteiger partial charge >= 0.3 is 0 Å². The van der Waals surface area contributed by atoms with Crippen LogP contribution in [0.3, 0.4) is 0 Å². The highest BCUT2D eigenvalue weighted by atomic mass is 35.5. The molecule has 0 fully saturated rings. The van der Waals surface area contributed by atoms with Gasteiger partial charge in [-0.15, -0.1) is 15.3 Å². The van der Waals surface area contributed by atoms with Gasteiger partial charge in [-0.1, -0.05) is 23.6 Å². The number of amides is 1. The first kappa shape index (κ1) is 21.9. The molecule has 1 atom stereocenters. The summed E-state index contributed by atoms with van der Waals surface area (Å²) in [5.74, 6) is 5.36. The maximum atomic E-state index is 12.8. The van der Waals surface area contributed by atoms with E-state index in [2.05, 4.69) is 47.7 Å². The van der Waals surface area contributed by atoms with E-state index in [4.69, 9.17) is 22.4 Å². The summed E-state index contributed by atoms with van der Waals surface area (Å²) in [6, 6.07) is 10.1. The number of anilines is 3. The van der Waals surface area contributed by atoms with Gasteiger partial charge in [-0.3, -0.25) is 4.79 Å². The van der Waals surface area contributed by atoms with Crippen molar-refractivity contribution in [3.8, 4) is 11.8 Å². The predicted octanol–water partition coefficient (Wildman–Crippen LogP) is 1.73. The zero-order valence-corrected chi connectivity index (χ0v) is 18.1. The van der Waals surface area contributed by atoms with Crippen LogP contribution in [0.1, 0.15) is 35.0 Å². The molecule has 3 heterocycles. The van der Waals surface area contributed by atoms with Crippen LogP contribution in [-0.2, 0) is 0 Å². The monoisotopic (exact) mass is 463 g/mol. The summed E-state index contributed by atoms with van der Waals surface area (Å²) >= 11 is 6.04. The lowest BCUT2D eigenvalue weighted by molar-refractivity contribution is 0.0933. The average molecular weight is 464 g/mol. The van der Waals surface area contributed by atoms with E-state index in [9.17, 15) is 4.79 Å². The number of nitrogens with zero attached hydrogens (tertiary/aromatic N) is 6. The molecule has 0 aliphatic rings. The maximum absolute atomic E-state index is 12.8. The lowest BCUT2D eigenvalue weighted by atomic mass is 10.2. The van der Waals surface area contributed by atoms with Gasteiger partial charge in [0.15, 0.2) is 28.8 Å². The van der Waals surface area contributed by atoms with E-state index in [0.29, 0.717) is 22.3 Å². The van der Waals surface area contributed by atoms with Crippen molar-refractivity contribution in [2.45, 2.75) is 13.0 Å². The summed E-state index contributed by atoms with van der Waals surface area (Å²) in [5.41, 5.74) is 7.21. The smallest absolute Gasteiger partial charge is 0.274 e. The third kappa shape index (κ3) is 4.98. The number of fused-ring (bicyclic) bond motifs is 1. The Labute approximate surface area is 193 Å². The fraction of sp³-hybridized carbons (Fsp3) is 0.143. The molecule has 12 heteroatoms. The molecule has 0 radical (unpaired) electrons. The molecule has 4 aromatic rings. The lowest BCUT2D eigenvalue weighted by Gasteiger charge is -2.13. The summed E-state index contributed by atoms with van der Waals surface area (Å²) < 4.78 is 1.52. The Morgan fingerprint density at radius 1 is 1.30 bits per heavy atom. The highest BCUT2D eigenvalue weighted by Crippen LogP contribution is 2.20. The molecule has 0 saturated heterocycles. The van der Waals surface area contributed by atoms with E-state index < -0.39 is 11.9 Å². The molecule has 0 unspecified atom stereocenters. The van der Waals surface area contributed by atoms with Crippen molar-refractivity contribution in [1.29, 1.82) is 0 Å². The Hall–Kier alpha value is -4.27. The van der Waals surface area contributed by atoms with E-state index in [-0.39, 0.29) is 23.8 Å². The normalized spacial score (nSPS) is 11.5. The molecule has 0 spiro atoms. The zero-order valence-electron chi connectivity index (χ0n) is 17.3. The summed E-state index contributed by atoms with van der Waals surface area (Å²) in [6.45, 7) is 1.39. The van der Waals surface area contributed by atoms with Crippen LogP contribution in [0.15, 0.2) is 42.6 Å². The number of nitrogens with two attached hydrogens (primary N) is 1. The average Bonchev–Trinajstić information content (AvgIpc) is 3.22. The molecule has 1 aromatic carbocycles. The molecule has 33 heavy (non-hydrogen) atoms. The third-order valence-electron chi connectivity index (χ3n) is 4.43. The minimum atomic E-state index is -0.588. The highest BCUT2D eigenvalue weighted by Gasteiger charge is 2.21. The van der Waals surface area contributed by atoms with Gasteiger partial charge in [-0.2, -0.15) is 4.52 Å². The van der Waals surface area contributed by atoms with Crippen LogP contribution in [0, 0.1) is 11.8 Å². The second kappa shape index (κ2) is 9.47. The molecular formula is C21H18ClN9O2. The molecule has 5 N–H and O–H groups in total. The van der Waals surface area contributed by atoms with Crippen molar-refractivity contribution in [1.82, 2.24) is 35.1 Å². The fourth-order valence-electron chi connectivity index (χ4n) is 2.94. The molecule has 3 aromatic heterocycles. The van der Waals surface area contributed by atoms with Crippen molar-refractivity contribution >= 4 is 40.5 Å². The van der Waals surface area contributed by atoms with Crippen molar-refractivity contribution < 1.29 is 9.90 Å². The third-order valence-corrected chi connectivity index (χ3v) is 4.67. The number of aliphatic hydroxyl groups is 1. The molecule has 0 aliphatic carbocycles. The summed E-state index contributed by atoms with van der Waals surface area (Å²) in [6.07, 6.45) is 1.32. The first-order valence-electron chi connectivity index (χ1n) is 9.72. The van der Waals surface area contributed by atoms with Gasteiger partial charge < -0.3 is 21.5 Å². The van der Waals surface area contributed by atoms with E-state index in [1.54, 1.807) is 31.2 Å². The first-order valence-corrected chi connectivity index (χ1v) is 10.1. The van der Waals surface area contributed by atoms with Crippen molar-refractivity contribution in [3.63, 3.8) is 0 Å². The van der Waals surface area contributed by atoms with Gasteiger partial charge in [0.05, 0.1) is 12.2 Å². The number of nitrogen functional groups attached to an aromatic ring is 1. The number of benzene rings is 1. The van der Waals surface area contributed by atoms with Crippen LogP contribution in [0.5, 0.6) is 0 Å². The van der Waals surface area contributed by atoms with Crippen LogP contribution in [-0.4, -0.2) is 47.4 Å². The molecule has 166 valence electrons. The van der Waals surface area contributed by atoms with Crippen molar-refractivity contribution in [3.05, 3.63) is 64.8 Å². The van der Waals surface area contributed by atoms with E-state index in [0.717, 1.165) is 5.69 Å². The summed E-state index contributed by atoms with van der Waals surface area (Å²) in [5, 5.41) is 28.1. The predicted molar refractivity (Wildman–Crippen MR) is 122 cm³/mol. The largest absolute Gasteiger partial charge is 0.384 e. The molecule has 11 nitrogen and oxygen atoms in total. The van der Waals surface area contributed by atoms with Crippen LogP contribution in [0.25, 0.3) is 5.65 Å². The first-order chi connectivity index (χ1) is 15.9. The lowest BCUT2D eigenvalue weighted by Crippen LogP contribution is -2.30. The number of aliphatic hydroxyl groups excluding tert-OH is 1. The Balaban J connectivity index is 1.57.